The van der Waals surface area contributed by atoms with Crippen molar-refractivity contribution < 1.29 is 18.0 Å². The lowest BCUT2D eigenvalue weighted by Crippen LogP contribution is -2.53. The molecule has 0 aromatic heterocycles. The molecule has 0 aliphatic rings. The Hall–Kier alpha value is -3.07. The molecule has 0 radical (unpaired) electrons. The van der Waals surface area contributed by atoms with Crippen LogP contribution in [-0.4, -0.2) is 50.5 Å². The summed E-state index contributed by atoms with van der Waals surface area (Å²) in [6.45, 7) is 1.99. The second-order valence-electron chi connectivity index (χ2n) is 9.21. The molecule has 0 spiro atoms. The van der Waals surface area contributed by atoms with E-state index in [-0.39, 0.29) is 18.9 Å². The fraction of sp³-hybridized carbons (Fsp3) is 0.310. The van der Waals surface area contributed by atoms with Crippen LogP contribution in [0.25, 0.3) is 0 Å². The molecule has 0 heterocycles. The highest BCUT2D eigenvalue weighted by atomic mass is 35.5. The van der Waals surface area contributed by atoms with Crippen LogP contribution in [0.4, 0.5) is 5.69 Å². The van der Waals surface area contributed by atoms with Crippen molar-refractivity contribution in [3.8, 4) is 0 Å². The molecule has 0 bridgehead atoms. The predicted molar refractivity (Wildman–Crippen MR) is 157 cm³/mol. The van der Waals surface area contributed by atoms with Gasteiger partial charge in [0.25, 0.3) is 0 Å². The number of sulfonamides is 1. The van der Waals surface area contributed by atoms with Crippen LogP contribution < -0.4 is 9.62 Å². The number of carbonyl (C=O) groups is 2. The lowest BCUT2D eigenvalue weighted by atomic mass is 10.0. The Balaban J connectivity index is 2.04. The smallest absolute Gasteiger partial charge is 0.244 e. The number of halogens is 2. The maximum atomic E-state index is 14.0. The van der Waals surface area contributed by atoms with Gasteiger partial charge in [-0.25, -0.2) is 8.42 Å². The number of nitrogens with zero attached hydrogens (tertiary/aromatic N) is 2. The molecule has 3 aromatic rings. The summed E-state index contributed by atoms with van der Waals surface area (Å²) in [6, 6.07) is 21.8. The number of amides is 2. The van der Waals surface area contributed by atoms with Gasteiger partial charge in [0.15, 0.2) is 0 Å². The first-order valence-electron chi connectivity index (χ1n) is 12.7. The summed E-state index contributed by atoms with van der Waals surface area (Å²) in [7, 11) is -3.81. The molecule has 0 fully saturated rings. The number of hydrogen-bond acceptors (Lipinski definition) is 4. The standard InChI is InChI=1S/C29H33Cl2N3O4S/c1-3-4-17-32-29(36)27(18-22-11-7-5-8-12-22)33(20-23-15-16-24(30)19-26(23)31)28(35)21-34(39(2,37)38)25-13-9-6-10-14-25/h5-16,19,27H,3-4,17-18,20-21H2,1-2H3,(H,32,36)/t27-/m1/s1. The first-order valence-corrected chi connectivity index (χ1v) is 15.3. The fourth-order valence-corrected chi connectivity index (χ4v) is 5.42. The highest BCUT2D eigenvalue weighted by Gasteiger charge is 2.33. The SMILES string of the molecule is CCCCNC(=O)[C@@H](Cc1ccccc1)N(Cc1ccc(Cl)cc1Cl)C(=O)CN(c1ccccc1)S(C)(=O)=O. The van der Waals surface area contributed by atoms with Crippen molar-refractivity contribution in [1.29, 1.82) is 0 Å². The van der Waals surface area contributed by atoms with Crippen LogP contribution in [0.2, 0.25) is 10.0 Å². The first kappa shape index (κ1) is 30.5. The Kier molecular flexibility index (Phi) is 11.2. The van der Waals surface area contributed by atoms with E-state index in [4.69, 9.17) is 23.2 Å². The minimum Gasteiger partial charge on any atom is -0.354 e. The van der Waals surface area contributed by atoms with E-state index in [9.17, 15) is 18.0 Å². The Morgan fingerprint density at radius 3 is 2.18 bits per heavy atom. The van der Waals surface area contributed by atoms with E-state index in [0.29, 0.717) is 27.8 Å². The van der Waals surface area contributed by atoms with Crippen LogP contribution >= 0.6 is 23.2 Å². The van der Waals surface area contributed by atoms with Crippen LogP contribution in [0, 0.1) is 0 Å². The Morgan fingerprint density at radius 1 is 0.949 bits per heavy atom. The van der Waals surface area contributed by atoms with Gasteiger partial charge in [-0.2, -0.15) is 0 Å². The lowest BCUT2D eigenvalue weighted by molar-refractivity contribution is -0.140. The summed E-state index contributed by atoms with van der Waals surface area (Å²) in [5.41, 5.74) is 1.79. The third-order valence-corrected chi connectivity index (χ3v) is 7.91. The van der Waals surface area contributed by atoms with E-state index < -0.39 is 28.5 Å². The average Bonchev–Trinajstić information content (AvgIpc) is 2.90. The number of anilines is 1. The summed E-state index contributed by atoms with van der Waals surface area (Å²) in [4.78, 5) is 29.0. The number of carbonyl (C=O) groups excluding carboxylic acids is 2. The molecule has 3 rings (SSSR count). The second-order valence-corrected chi connectivity index (χ2v) is 12.0. The molecule has 1 N–H and O–H groups in total. The zero-order chi connectivity index (χ0) is 28.4. The van der Waals surface area contributed by atoms with Gasteiger partial charge in [-0.3, -0.25) is 13.9 Å². The molecule has 0 saturated carbocycles. The summed E-state index contributed by atoms with van der Waals surface area (Å²) in [6.07, 6.45) is 2.97. The molecular weight excluding hydrogens is 557 g/mol. The number of rotatable bonds is 13. The van der Waals surface area contributed by atoms with Crippen molar-refractivity contribution in [1.82, 2.24) is 10.2 Å². The van der Waals surface area contributed by atoms with E-state index in [0.717, 1.165) is 29.0 Å². The van der Waals surface area contributed by atoms with E-state index in [1.54, 1.807) is 48.5 Å². The molecule has 7 nitrogen and oxygen atoms in total. The summed E-state index contributed by atoms with van der Waals surface area (Å²) in [5, 5.41) is 3.72. The second kappa shape index (κ2) is 14.4. The van der Waals surface area contributed by atoms with E-state index in [1.807, 2.05) is 37.3 Å². The van der Waals surface area contributed by atoms with Crippen LogP contribution in [0.3, 0.4) is 0 Å². The molecule has 0 unspecified atom stereocenters. The molecule has 0 saturated heterocycles. The topological polar surface area (TPSA) is 86.8 Å². The van der Waals surface area contributed by atoms with Crippen LogP contribution in [0.1, 0.15) is 30.9 Å². The predicted octanol–water partition coefficient (Wildman–Crippen LogP) is 5.32. The maximum absolute atomic E-state index is 14.0. The van der Waals surface area contributed by atoms with Crippen molar-refractivity contribution >= 4 is 50.7 Å². The van der Waals surface area contributed by atoms with Crippen molar-refractivity contribution in [2.24, 2.45) is 0 Å². The summed E-state index contributed by atoms with van der Waals surface area (Å²) in [5.74, 6) is -0.863. The van der Waals surface area contributed by atoms with Gasteiger partial charge in [0.2, 0.25) is 21.8 Å². The lowest BCUT2D eigenvalue weighted by Gasteiger charge is -2.33. The van der Waals surface area contributed by atoms with Crippen LogP contribution in [0.5, 0.6) is 0 Å². The van der Waals surface area contributed by atoms with Crippen molar-refractivity contribution in [2.75, 3.05) is 23.7 Å². The van der Waals surface area contributed by atoms with Gasteiger partial charge in [0, 0.05) is 29.6 Å². The fourth-order valence-electron chi connectivity index (χ4n) is 4.10. The van der Waals surface area contributed by atoms with Gasteiger partial charge in [-0.15, -0.1) is 0 Å². The van der Waals surface area contributed by atoms with E-state index >= 15 is 0 Å². The molecule has 3 aromatic carbocycles. The maximum Gasteiger partial charge on any atom is 0.244 e. The Bertz CT molecular complexity index is 1360. The summed E-state index contributed by atoms with van der Waals surface area (Å²) < 4.78 is 26.5. The van der Waals surface area contributed by atoms with Crippen molar-refractivity contribution in [3.63, 3.8) is 0 Å². The molecule has 2 amide bonds. The number of unbranched alkanes of at least 4 members (excludes halogenated alkanes) is 1. The zero-order valence-electron chi connectivity index (χ0n) is 22.0. The highest BCUT2D eigenvalue weighted by Crippen LogP contribution is 2.25. The van der Waals surface area contributed by atoms with E-state index in [1.165, 1.54) is 4.90 Å². The Labute approximate surface area is 240 Å². The van der Waals surface area contributed by atoms with Gasteiger partial charge in [0.05, 0.1) is 11.9 Å². The van der Waals surface area contributed by atoms with Gasteiger partial charge >= 0.3 is 0 Å². The molecule has 1 atom stereocenters. The molecular formula is C29H33Cl2N3O4S. The number of benzene rings is 3. The highest BCUT2D eigenvalue weighted by molar-refractivity contribution is 7.92. The first-order chi connectivity index (χ1) is 18.6. The summed E-state index contributed by atoms with van der Waals surface area (Å²) >= 11 is 12.6. The molecule has 208 valence electrons. The number of para-hydroxylation sites is 1. The quantitative estimate of drug-likeness (QED) is 0.273. The monoisotopic (exact) mass is 589 g/mol. The third-order valence-electron chi connectivity index (χ3n) is 6.18. The Morgan fingerprint density at radius 2 is 1.59 bits per heavy atom. The van der Waals surface area contributed by atoms with E-state index in [2.05, 4.69) is 5.32 Å². The zero-order valence-corrected chi connectivity index (χ0v) is 24.3. The van der Waals surface area contributed by atoms with Crippen molar-refractivity contribution in [2.45, 2.75) is 38.8 Å². The minimum atomic E-state index is -3.81. The number of hydrogen-bond donors (Lipinski definition) is 1. The van der Waals surface area contributed by atoms with Crippen LogP contribution in [-0.2, 0) is 32.6 Å². The van der Waals surface area contributed by atoms with Crippen LogP contribution in [0.15, 0.2) is 78.9 Å². The average molecular weight is 591 g/mol. The van der Waals surface area contributed by atoms with Crippen molar-refractivity contribution in [3.05, 3.63) is 100 Å². The minimum absolute atomic E-state index is 0.0140. The molecule has 0 aliphatic carbocycles. The van der Waals surface area contributed by atoms with Gasteiger partial charge in [0.1, 0.15) is 12.6 Å². The third kappa shape index (κ3) is 8.98. The van der Waals surface area contributed by atoms with Gasteiger partial charge < -0.3 is 10.2 Å². The molecule has 39 heavy (non-hydrogen) atoms. The largest absolute Gasteiger partial charge is 0.354 e. The van der Waals surface area contributed by atoms with Gasteiger partial charge in [-0.1, -0.05) is 91.1 Å². The molecule has 10 heteroatoms. The molecule has 0 aliphatic heterocycles. The number of nitrogens with one attached hydrogen (secondary N) is 1. The van der Waals surface area contributed by atoms with Gasteiger partial charge in [-0.05, 0) is 41.8 Å². The normalized spacial score (nSPS) is 12.0.